The summed E-state index contributed by atoms with van der Waals surface area (Å²) in [5.74, 6) is 0.101. The largest absolute Gasteiger partial charge is 0.354 e. The van der Waals surface area contributed by atoms with Gasteiger partial charge in [0.2, 0.25) is 11.8 Å². The molecule has 15 heavy (non-hydrogen) atoms. The third kappa shape index (κ3) is 7.97. The lowest BCUT2D eigenvalue weighted by molar-refractivity contribution is -0.123. The van der Waals surface area contributed by atoms with Gasteiger partial charge in [0.05, 0.1) is 0 Å². The molecule has 0 radical (unpaired) electrons. The predicted molar refractivity (Wildman–Crippen MR) is 60.4 cm³/mol. The minimum absolute atomic E-state index is 0.00450. The Morgan fingerprint density at radius 1 is 1.07 bits per heavy atom. The fraction of sp³-hybridized carbons (Fsp3) is 0.818. The van der Waals surface area contributed by atoms with E-state index in [0.717, 1.165) is 12.8 Å². The summed E-state index contributed by atoms with van der Waals surface area (Å²) in [6, 6.07) is 0.00450. The first-order valence-electron chi connectivity index (χ1n) is 5.66. The van der Waals surface area contributed by atoms with E-state index in [4.69, 9.17) is 0 Å². The van der Waals surface area contributed by atoms with E-state index in [1.165, 1.54) is 0 Å². The third-order valence-corrected chi connectivity index (χ3v) is 1.97. The quantitative estimate of drug-likeness (QED) is 0.669. The topological polar surface area (TPSA) is 58.2 Å². The molecular formula is C11H22N2O2. The van der Waals surface area contributed by atoms with Crippen molar-refractivity contribution in [3.05, 3.63) is 0 Å². The standard InChI is InChI=1S/C11H22N2O2/c1-4-6-10(14)12-8-9(3)13-11(15)7-5-2/h9H,4-8H2,1-3H3,(H,12,14)(H,13,15). The number of hydrogen-bond donors (Lipinski definition) is 2. The molecule has 0 rings (SSSR count). The minimum atomic E-state index is 0.00450. The maximum Gasteiger partial charge on any atom is 0.220 e. The van der Waals surface area contributed by atoms with Crippen molar-refractivity contribution in [3.63, 3.8) is 0 Å². The van der Waals surface area contributed by atoms with Crippen LogP contribution in [0.2, 0.25) is 0 Å². The van der Waals surface area contributed by atoms with Crippen molar-refractivity contribution in [2.45, 2.75) is 52.5 Å². The molecule has 0 bridgehead atoms. The summed E-state index contributed by atoms with van der Waals surface area (Å²) in [5.41, 5.74) is 0. The molecule has 0 aliphatic rings. The average Bonchev–Trinajstić information content (AvgIpc) is 2.15. The van der Waals surface area contributed by atoms with Crippen molar-refractivity contribution >= 4 is 11.8 Å². The van der Waals surface area contributed by atoms with Crippen molar-refractivity contribution in [2.24, 2.45) is 0 Å². The van der Waals surface area contributed by atoms with Crippen molar-refractivity contribution in [3.8, 4) is 0 Å². The van der Waals surface area contributed by atoms with Crippen molar-refractivity contribution < 1.29 is 9.59 Å². The van der Waals surface area contributed by atoms with Gasteiger partial charge in [-0.1, -0.05) is 13.8 Å². The molecular weight excluding hydrogens is 192 g/mol. The van der Waals surface area contributed by atoms with Crippen LogP contribution in [0.5, 0.6) is 0 Å². The lowest BCUT2D eigenvalue weighted by atomic mass is 10.2. The van der Waals surface area contributed by atoms with Crippen LogP contribution < -0.4 is 10.6 Å². The molecule has 4 nitrogen and oxygen atoms in total. The number of hydrogen-bond acceptors (Lipinski definition) is 2. The second-order valence-electron chi connectivity index (χ2n) is 3.77. The fourth-order valence-corrected chi connectivity index (χ4v) is 1.21. The van der Waals surface area contributed by atoms with Gasteiger partial charge in [-0.05, 0) is 19.8 Å². The van der Waals surface area contributed by atoms with Gasteiger partial charge in [-0.15, -0.1) is 0 Å². The van der Waals surface area contributed by atoms with Gasteiger partial charge in [-0.2, -0.15) is 0 Å². The number of carbonyl (C=O) groups excluding carboxylic acids is 2. The number of carbonyl (C=O) groups is 2. The molecule has 88 valence electrons. The van der Waals surface area contributed by atoms with Crippen molar-refractivity contribution in [2.75, 3.05) is 6.54 Å². The molecule has 1 unspecified atom stereocenters. The van der Waals surface area contributed by atoms with Gasteiger partial charge in [-0.3, -0.25) is 9.59 Å². The van der Waals surface area contributed by atoms with Gasteiger partial charge in [0.25, 0.3) is 0 Å². The van der Waals surface area contributed by atoms with Crippen LogP contribution in [0, 0.1) is 0 Å². The third-order valence-electron chi connectivity index (χ3n) is 1.97. The normalized spacial score (nSPS) is 11.9. The molecule has 0 fully saturated rings. The lowest BCUT2D eigenvalue weighted by Crippen LogP contribution is -2.41. The minimum Gasteiger partial charge on any atom is -0.354 e. The van der Waals surface area contributed by atoms with Gasteiger partial charge in [0.15, 0.2) is 0 Å². The number of nitrogens with one attached hydrogen (secondary N) is 2. The Morgan fingerprint density at radius 3 is 2.13 bits per heavy atom. The first-order valence-corrected chi connectivity index (χ1v) is 5.66. The summed E-state index contributed by atoms with van der Waals surface area (Å²) in [6.07, 6.45) is 2.80. The summed E-state index contributed by atoms with van der Waals surface area (Å²) < 4.78 is 0. The highest BCUT2D eigenvalue weighted by atomic mass is 16.2. The molecule has 0 saturated heterocycles. The van der Waals surface area contributed by atoms with Crippen LogP contribution in [0.3, 0.4) is 0 Å². The lowest BCUT2D eigenvalue weighted by Gasteiger charge is -2.14. The monoisotopic (exact) mass is 214 g/mol. The SMILES string of the molecule is CCCC(=O)NCC(C)NC(=O)CCC. The first-order chi connectivity index (χ1) is 7.10. The van der Waals surface area contributed by atoms with Crippen molar-refractivity contribution in [1.82, 2.24) is 10.6 Å². The Hall–Kier alpha value is -1.06. The fourth-order valence-electron chi connectivity index (χ4n) is 1.21. The van der Waals surface area contributed by atoms with E-state index in [0.29, 0.717) is 19.4 Å². The first kappa shape index (κ1) is 13.9. The number of rotatable bonds is 7. The second kappa shape index (κ2) is 8.26. The summed E-state index contributed by atoms with van der Waals surface area (Å²) in [4.78, 5) is 22.3. The van der Waals surface area contributed by atoms with Gasteiger partial charge in [0.1, 0.15) is 0 Å². The highest BCUT2D eigenvalue weighted by molar-refractivity contribution is 5.77. The molecule has 1 atom stereocenters. The summed E-state index contributed by atoms with van der Waals surface area (Å²) in [7, 11) is 0. The van der Waals surface area contributed by atoms with E-state index >= 15 is 0 Å². The summed E-state index contributed by atoms with van der Waals surface area (Å²) in [6.45, 7) is 6.33. The van der Waals surface area contributed by atoms with Gasteiger partial charge in [-0.25, -0.2) is 0 Å². The van der Waals surface area contributed by atoms with Gasteiger partial charge in [0, 0.05) is 25.4 Å². The molecule has 4 heteroatoms. The Bertz CT molecular complexity index is 205. The maximum atomic E-state index is 11.2. The Morgan fingerprint density at radius 2 is 1.60 bits per heavy atom. The van der Waals surface area contributed by atoms with Gasteiger partial charge >= 0.3 is 0 Å². The molecule has 2 amide bonds. The Labute approximate surface area is 91.8 Å². The smallest absolute Gasteiger partial charge is 0.220 e. The van der Waals surface area contributed by atoms with E-state index in [9.17, 15) is 9.59 Å². The molecule has 0 aromatic heterocycles. The highest BCUT2D eigenvalue weighted by Gasteiger charge is 2.07. The Balaban J connectivity index is 3.60. The van der Waals surface area contributed by atoms with Crippen molar-refractivity contribution in [1.29, 1.82) is 0 Å². The molecule has 0 aliphatic heterocycles. The van der Waals surface area contributed by atoms with Crippen LogP contribution in [-0.4, -0.2) is 24.4 Å². The molecule has 0 saturated carbocycles. The second-order valence-corrected chi connectivity index (χ2v) is 3.77. The highest BCUT2D eigenvalue weighted by Crippen LogP contribution is 1.89. The van der Waals surface area contributed by atoms with Crippen LogP contribution in [0.15, 0.2) is 0 Å². The van der Waals surface area contributed by atoms with Crippen LogP contribution in [0.1, 0.15) is 46.5 Å². The zero-order valence-electron chi connectivity index (χ0n) is 9.93. The van der Waals surface area contributed by atoms with Crippen LogP contribution >= 0.6 is 0 Å². The average molecular weight is 214 g/mol. The molecule has 0 spiro atoms. The van der Waals surface area contributed by atoms with E-state index in [1.54, 1.807) is 0 Å². The molecule has 2 N–H and O–H groups in total. The van der Waals surface area contributed by atoms with E-state index < -0.39 is 0 Å². The number of amides is 2. The maximum absolute atomic E-state index is 11.2. The molecule has 0 aliphatic carbocycles. The van der Waals surface area contributed by atoms with Gasteiger partial charge < -0.3 is 10.6 Å². The van der Waals surface area contributed by atoms with Crippen LogP contribution in [0.4, 0.5) is 0 Å². The van der Waals surface area contributed by atoms with E-state index in [-0.39, 0.29) is 17.9 Å². The zero-order chi connectivity index (χ0) is 11.7. The Kier molecular flexibility index (Phi) is 7.68. The van der Waals surface area contributed by atoms with Crippen LogP contribution in [0.25, 0.3) is 0 Å². The summed E-state index contributed by atoms with van der Waals surface area (Å²) in [5, 5.41) is 5.60. The van der Waals surface area contributed by atoms with Crippen LogP contribution in [-0.2, 0) is 9.59 Å². The zero-order valence-corrected chi connectivity index (χ0v) is 9.93. The predicted octanol–water partition coefficient (Wildman–Crippen LogP) is 1.21. The summed E-state index contributed by atoms with van der Waals surface area (Å²) >= 11 is 0. The molecule has 0 aromatic carbocycles. The molecule has 0 heterocycles. The van der Waals surface area contributed by atoms with E-state index in [1.807, 2.05) is 20.8 Å². The van der Waals surface area contributed by atoms with E-state index in [2.05, 4.69) is 10.6 Å². The molecule has 0 aromatic rings.